The molecule has 19 heavy (non-hydrogen) atoms. The zero-order valence-corrected chi connectivity index (χ0v) is 10.9. The zero-order chi connectivity index (χ0) is 14.3. The normalized spacial score (nSPS) is 15.4. The van der Waals surface area contributed by atoms with E-state index >= 15 is 0 Å². The van der Waals surface area contributed by atoms with Crippen molar-refractivity contribution >= 4 is 23.3 Å². The van der Waals surface area contributed by atoms with E-state index in [1.54, 1.807) is 19.1 Å². The van der Waals surface area contributed by atoms with Crippen molar-refractivity contribution < 1.29 is 19.5 Å². The molecule has 5 heteroatoms. The van der Waals surface area contributed by atoms with Crippen molar-refractivity contribution in [2.75, 3.05) is 4.90 Å². The molecule has 0 unspecified atom stereocenters. The molecule has 0 spiro atoms. The van der Waals surface area contributed by atoms with Crippen LogP contribution in [0.25, 0.3) is 0 Å². The van der Waals surface area contributed by atoms with Crippen LogP contribution < -0.4 is 4.90 Å². The minimum atomic E-state index is -0.857. The first-order chi connectivity index (χ1) is 8.86. The number of carbonyl (C=O) groups excluding carboxylic acids is 3. The molecule has 1 aliphatic rings. The van der Waals surface area contributed by atoms with Crippen LogP contribution in [0.5, 0.6) is 0 Å². The van der Waals surface area contributed by atoms with Crippen molar-refractivity contribution in [2.24, 2.45) is 0 Å². The molecule has 0 aromatic heterocycles. The van der Waals surface area contributed by atoms with Gasteiger partial charge in [0.2, 0.25) is 0 Å². The summed E-state index contributed by atoms with van der Waals surface area (Å²) in [6, 6.07) is 5.17. The number of aliphatic hydroxyl groups is 1. The molecule has 0 bridgehead atoms. The summed E-state index contributed by atoms with van der Waals surface area (Å²) in [5.41, 5.74) is 1.60. The molecular weight excluding hydrogens is 246 g/mol. The van der Waals surface area contributed by atoms with Gasteiger partial charge in [0.15, 0.2) is 11.5 Å². The Morgan fingerprint density at radius 2 is 1.79 bits per heavy atom. The maximum absolute atomic E-state index is 12.1. The van der Waals surface area contributed by atoms with Crippen LogP contribution in [0.2, 0.25) is 0 Å². The number of ketones is 1. The first-order valence-electron chi connectivity index (χ1n) is 5.75. The van der Waals surface area contributed by atoms with Gasteiger partial charge in [0.05, 0.1) is 5.69 Å². The number of amides is 2. The molecule has 0 fully saturated rings. The first kappa shape index (κ1) is 13.0. The van der Waals surface area contributed by atoms with E-state index in [1.807, 2.05) is 13.0 Å². The molecule has 1 aliphatic heterocycles. The molecule has 5 nitrogen and oxygen atoms in total. The number of aliphatic hydroxyl groups excluding tert-OH is 1. The average molecular weight is 259 g/mol. The lowest BCUT2D eigenvalue weighted by Crippen LogP contribution is -2.33. The minimum absolute atomic E-state index is 0.387. The molecule has 1 N–H and O–H groups in total. The molecule has 1 aromatic rings. The Morgan fingerprint density at radius 3 is 2.32 bits per heavy atom. The summed E-state index contributed by atoms with van der Waals surface area (Å²) >= 11 is 0. The standard InChI is InChI=1S/C14H13NO4/c1-7-5-4-6-10(8(7)2)15-13(18)11(9(3)16)12(17)14(15)19/h4-6,17H,1-3H3. The molecule has 2 amide bonds. The number of anilines is 1. The highest BCUT2D eigenvalue weighted by molar-refractivity contribution is 6.40. The lowest BCUT2D eigenvalue weighted by molar-refractivity contribution is -0.122. The van der Waals surface area contributed by atoms with Gasteiger partial charge in [-0.1, -0.05) is 12.1 Å². The van der Waals surface area contributed by atoms with Gasteiger partial charge < -0.3 is 5.11 Å². The molecule has 0 saturated carbocycles. The number of hydrogen-bond acceptors (Lipinski definition) is 4. The fourth-order valence-corrected chi connectivity index (χ4v) is 2.03. The molecule has 0 saturated heterocycles. The second-order valence-electron chi connectivity index (χ2n) is 4.44. The number of nitrogens with zero attached hydrogens (tertiary/aromatic N) is 1. The summed E-state index contributed by atoms with van der Waals surface area (Å²) < 4.78 is 0. The van der Waals surface area contributed by atoms with Crippen molar-refractivity contribution in [1.29, 1.82) is 0 Å². The zero-order valence-electron chi connectivity index (χ0n) is 10.9. The highest BCUT2D eigenvalue weighted by Gasteiger charge is 2.42. The van der Waals surface area contributed by atoms with Crippen molar-refractivity contribution in [2.45, 2.75) is 20.8 Å². The Morgan fingerprint density at radius 1 is 1.16 bits per heavy atom. The van der Waals surface area contributed by atoms with Crippen LogP contribution in [0.1, 0.15) is 18.1 Å². The van der Waals surface area contributed by atoms with Gasteiger partial charge in [-0.05, 0) is 38.0 Å². The highest BCUT2D eigenvalue weighted by atomic mass is 16.3. The molecule has 1 aromatic carbocycles. The number of benzene rings is 1. The summed E-state index contributed by atoms with van der Waals surface area (Å²) in [4.78, 5) is 36.2. The predicted octanol–water partition coefficient (Wildman–Crippen LogP) is 1.58. The molecule has 98 valence electrons. The van der Waals surface area contributed by atoms with Crippen LogP contribution in [0, 0.1) is 13.8 Å². The van der Waals surface area contributed by atoms with Crippen LogP contribution in [-0.2, 0) is 14.4 Å². The van der Waals surface area contributed by atoms with Gasteiger partial charge in [-0.25, -0.2) is 4.90 Å². The Bertz CT molecular complexity index is 643. The van der Waals surface area contributed by atoms with Crippen LogP contribution in [0.4, 0.5) is 5.69 Å². The minimum Gasteiger partial charge on any atom is -0.502 e. The fraction of sp³-hybridized carbons (Fsp3) is 0.214. The lowest BCUT2D eigenvalue weighted by Gasteiger charge is -2.18. The quantitative estimate of drug-likeness (QED) is 0.646. The summed E-state index contributed by atoms with van der Waals surface area (Å²) in [6.07, 6.45) is 0. The molecule has 0 radical (unpaired) electrons. The van der Waals surface area contributed by atoms with E-state index in [4.69, 9.17) is 0 Å². The van der Waals surface area contributed by atoms with Gasteiger partial charge in [0, 0.05) is 0 Å². The number of imide groups is 1. The van der Waals surface area contributed by atoms with Gasteiger partial charge in [0.25, 0.3) is 5.91 Å². The Balaban J connectivity index is 2.56. The average Bonchev–Trinajstić information content (AvgIpc) is 2.55. The first-order valence-corrected chi connectivity index (χ1v) is 5.75. The maximum atomic E-state index is 12.1. The van der Waals surface area contributed by atoms with E-state index in [-0.39, 0.29) is 0 Å². The van der Waals surface area contributed by atoms with Gasteiger partial charge >= 0.3 is 5.91 Å². The monoisotopic (exact) mass is 259 g/mol. The van der Waals surface area contributed by atoms with Crippen molar-refractivity contribution in [3.63, 3.8) is 0 Å². The molecule has 2 rings (SSSR count). The number of aryl methyl sites for hydroxylation is 1. The molecular formula is C14H13NO4. The van der Waals surface area contributed by atoms with E-state index < -0.39 is 28.9 Å². The number of Topliss-reactive ketones (excluding diaryl/α,β-unsaturated/α-hetero) is 1. The maximum Gasteiger partial charge on any atom is 0.301 e. The Hall–Kier alpha value is -2.43. The molecule has 0 atom stereocenters. The number of carbonyl (C=O) groups is 3. The summed E-state index contributed by atoms with van der Waals surface area (Å²) in [6.45, 7) is 4.76. The summed E-state index contributed by atoms with van der Waals surface area (Å²) in [7, 11) is 0. The van der Waals surface area contributed by atoms with E-state index in [1.165, 1.54) is 0 Å². The fourth-order valence-electron chi connectivity index (χ4n) is 2.03. The second kappa shape index (κ2) is 4.35. The second-order valence-corrected chi connectivity index (χ2v) is 4.44. The third-order valence-electron chi connectivity index (χ3n) is 3.23. The molecule has 1 heterocycles. The number of hydrogen-bond donors (Lipinski definition) is 1. The third kappa shape index (κ3) is 1.83. The summed E-state index contributed by atoms with van der Waals surface area (Å²) in [5.74, 6) is -3.03. The van der Waals surface area contributed by atoms with Crippen molar-refractivity contribution in [1.82, 2.24) is 0 Å². The predicted molar refractivity (Wildman–Crippen MR) is 68.7 cm³/mol. The van der Waals surface area contributed by atoms with Gasteiger partial charge in [0.1, 0.15) is 5.57 Å². The SMILES string of the molecule is CC(=O)C1=C(O)C(=O)N(c2cccc(C)c2C)C1=O. The van der Waals surface area contributed by atoms with Crippen LogP contribution >= 0.6 is 0 Å². The van der Waals surface area contributed by atoms with Crippen molar-refractivity contribution in [3.8, 4) is 0 Å². The van der Waals surface area contributed by atoms with Crippen LogP contribution in [-0.4, -0.2) is 22.7 Å². The van der Waals surface area contributed by atoms with Crippen LogP contribution in [0.15, 0.2) is 29.5 Å². The highest BCUT2D eigenvalue weighted by Crippen LogP contribution is 2.30. The van der Waals surface area contributed by atoms with E-state index in [2.05, 4.69) is 0 Å². The molecule has 0 aliphatic carbocycles. The Kier molecular flexibility index (Phi) is 2.98. The third-order valence-corrected chi connectivity index (χ3v) is 3.23. The van der Waals surface area contributed by atoms with Gasteiger partial charge in [-0.3, -0.25) is 14.4 Å². The van der Waals surface area contributed by atoms with E-state index in [0.29, 0.717) is 5.69 Å². The topological polar surface area (TPSA) is 74.7 Å². The van der Waals surface area contributed by atoms with Crippen LogP contribution in [0.3, 0.4) is 0 Å². The van der Waals surface area contributed by atoms with Gasteiger partial charge in [-0.2, -0.15) is 0 Å². The van der Waals surface area contributed by atoms with E-state index in [0.717, 1.165) is 23.0 Å². The summed E-state index contributed by atoms with van der Waals surface area (Å²) in [5, 5.41) is 9.64. The lowest BCUT2D eigenvalue weighted by atomic mass is 10.1. The smallest absolute Gasteiger partial charge is 0.301 e. The largest absolute Gasteiger partial charge is 0.502 e. The van der Waals surface area contributed by atoms with Crippen molar-refractivity contribution in [3.05, 3.63) is 40.7 Å². The van der Waals surface area contributed by atoms with E-state index in [9.17, 15) is 19.5 Å². The number of rotatable bonds is 2. The van der Waals surface area contributed by atoms with Gasteiger partial charge in [-0.15, -0.1) is 0 Å². The Labute approximate surface area is 110 Å².